The van der Waals surface area contributed by atoms with Gasteiger partial charge in [-0.25, -0.2) is 13.1 Å². The zero-order valence-corrected chi connectivity index (χ0v) is 20.8. The number of benzene rings is 1. The SMILES string of the molecule is CCCCCCCCCCCCCCNC[C@H](NS(=O)(=O)c1ccc(C)cc1)[C@@H](O)C=O. The van der Waals surface area contributed by atoms with Crippen molar-refractivity contribution in [1.82, 2.24) is 10.0 Å². The van der Waals surface area contributed by atoms with Crippen molar-refractivity contribution in [2.45, 2.75) is 108 Å². The summed E-state index contributed by atoms with van der Waals surface area (Å²) in [4.78, 5) is 11.2. The molecular formula is C25H44N2O4S. The van der Waals surface area contributed by atoms with Crippen molar-refractivity contribution in [2.24, 2.45) is 0 Å². The molecule has 1 aromatic rings. The molecule has 0 amide bonds. The third kappa shape index (κ3) is 12.7. The van der Waals surface area contributed by atoms with E-state index in [1.165, 1.54) is 76.3 Å². The van der Waals surface area contributed by atoms with Crippen LogP contribution in [0.25, 0.3) is 0 Å². The van der Waals surface area contributed by atoms with Crippen LogP contribution >= 0.6 is 0 Å². The number of aldehydes is 1. The number of aliphatic hydroxyl groups is 1. The molecule has 0 fully saturated rings. The third-order valence-electron chi connectivity index (χ3n) is 5.76. The van der Waals surface area contributed by atoms with Crippen molar-refractivity contribution in [3.63, 3.8) is 0 Å². The summed E-state index contributed by atoms with van der Waals surface area (Å²) in [5.41, 5.74) is 0.956. The maximum absolute atomic E-state index is 12.6. The summed E-state index contributed by atoms with van der Waals surface area (Å²) in [5, 5.41) is 13.1. The molecule has 7 heteroatoms. The van der Waals surface area contributed by atoms with Gasteiger partial charge in [0.15, 0.2) is 0 Å². The van der Waals surface area contributed by atoms with Crippen LogP contribution in [-0.2, 0) is 14.8 Å². The first-order chi connectivity index (χ1) is 15.4. The predicted molar refractivity (Wildman–Crippen MR) is 131 cm³/mol. The summed E-state index contributed by atoms with van der Waals surface area (Å²) in [7, 11) is -3.81. The standard InChI is InChI=1S/C25H44N2O4S/c1-3-4-5-6-7-8-9-10-11-12-13-14-19-26-20-24(25(29)21-28)27-32(30,31)23-17-15-22(2)16-18-23/h15-18,21,24-27,29H,3-14,19-20H2,1-2H3/t24-,25-/m0/s1. The predicted octanol–water partition coefficient (Wildman–Crippen LogP) is 4.49. The summed E-state index contributed by atoms with van der Waals surface area (Å²) in [6.45, 7) is 5.05. The van der Waals surface area contributed by atoms with Crippen LogP contribution in [0.5, 0.6) is 0 Å². The molecule has 3 N–H and O–H groups in total. The highest BCUT2D eigenvalue weighted by Crippen LogP contribution is 2.12. The lowest BCUT2D eigenvalue weighted by molar-refractivity contribution is -0.115. The second kappa shape index (κ2) is 17.2. The van der Waals surface area contributed by atoms with Gasteiger partial charge in [0.05, 0.1) is 10.9 Å². The Bertz CT molecular complexity index is 707. The van der Waals surface area contributed by atoms with Crippen LogP contribution in [0.1, 0.15) is 89.5 Å². The van der Waals surface area contributed by atoms with Gasteiger partial charge < -0.3 is 15.2 Å². The molecular weight excluding hydrogens is 424 g/mol. The van der Waals surface area contributed by atoms with E-state index in [4.69, 9.17) is 0 Å². The molecule has 0 heterocycles. The van der Waals surface area contributed by atoms with Gasteiger partial charge in [-0.15, -0.1) is 0 Å². The smallest absolute Gasteiger partial charge is 0.240 e. The lowest BCUT2D eigenvalue weighted by Crippen LogP contribution is -2.50. The Labute approximate surface area is 195 Å². The minimum Gasteiger partial charge on any atom is -0.384 e. The molecule has 0 bridgehead atoms. The molecule has 0 aliphatic carbocycles. The Morgan fingerprint density at radius 3 is 1.88 bits per heavy atom. The molecule has 32 heavy (non-hydrogen) atoms. The van der Waals surface area contributed by atoms with E-state index in [-0.39, 0.29) is 11.4 Å². The Balaban J connectivity index is 2.20. The molecule has 0 aliphatic heterocycles. The van der Waals surface area contributed by atoms with Gasteiger partial charge in [-0.1, -0.05) is 95.2 Å². The van der Waals surface area contributed by atoms with Gasteiger partial charge in [0, 0.05) is 6.54 Å². The second-order valence-corrected chi connectivity index (χ2v) is 10.5. The van der Waals surface area contributed by atoms with E-state index < -0.39 is 22.2 Å². The Hall–Kier alpha value is -1.28. The highest BCUT2D eigenvalue weighted by molar-refractivity contribution is 7.89. The van der Waals surface area contributed by atoms with Crippen LogP contribution in [0.3, 0.4) is 0 Å². The van der Waals surface area contributed by atoms with Crippen molar-refractivity contribution in [1.29, 1.82) is 0 Å². The lowest BCUT2D eigenvalue weighted by Gasteiger charge is -2.21. The van der Waals surface area contributed by atoms with E-state index in [0.717, 1.165) is 24.9 Å². The van der Waals surface area contributed by atoms with Crippen LogP contribution in [0.15, 0.2) is 29.2 Å². The zero-order valence-electron chi connectivity index (χ0n) is 20.0. The maximum Gasteiger partial charge on any atom is 0.240 e. The van der Waals surface area contributed by atoms with E-state index >= 15 is 0 Å². The maximum atomic E-state index is 12.6. The van der Waals surface area contributed by atoms with Gasteiger partial charge >= 0.3 is 0 Å². The zero-order chi connectivity index (χ0) is 23.7. The van der Waals surface area contributed by atoms with Crippen LogP contribution in [0.2, 0.25) is 0 Å². The average Bonchev–Trinajstić information content (AvgIpc) is 2.78. The summed E-state index contributed by atoms with van der Waals surface area (Å²) >= 11 is 0. The summed E-state index contributed by atoms with van der Waals surface area (Å²) in [6.07, 6.45) is 14.3. The van der Waals surface area contributed by atoms with E-state index in [1.54, 1.807) is 12.1 Å². The second-order valence-electron chi connectivity index (χ2n) is 8.76. The number of hydrogen-bond acceptors (Lipinski definition) is 5. The Morgan fingerprint density at radius 1 is 0.875 bits per heavy atom. The molecule has 0 aromatic heterocycles. The van der Waals surface area contributed by atoms with E-state index in [2.05, 4.69) is 17.0 Å². The molecule has 0 spiro atoms. The summed E-state index contributed by atoms with van der Waals surface area (Å²) in [6, 6.07) is 5.55. The van der Waals surface area contributed by atoms with Crippen molar-refractivity contribution < 1.29 is 18.3 Å². The number of rotatable bonds is 20. The van der Waals surface area contributed by atoms with Gasteiger partial charge in [0.2, 0.25) is 10.0 Å². The number of aliphatic hydroxyl groups excluding tert-OH is 1. The number of carbonyl (C=O) groups is 1. The minimum atomic E-state index is -3.81. The van der Waals surface area contributed by atoms with Crippen molar-refractivity contribution in [2.75, 3.05) is 13.1 Å². The quantitative estimate of drug-likeness (QED) is 0.194. The molecule has 0 aliphatic rings. The van der Waals surface area contributed by atoms with E-state index in [1.807, 2.05) is 6.92 Å². The number of aryl methyl sites for hydroxylation is 1. The van der Waals surface area contributed by atoms with Gasteiger partial charge in [0.1, 0.15) is 12.4 Å². The molecule has 0 radical (unpaired) electrons. The number of nitrogens with one attached hydrogen (secondary N) is 2. The molecule has 184 valence electrons. The molecule has 2 atom stereocenters. The number of carbonyl (C=O) groups excluding carboxylic acids is 1. The Kier molecular flexibility index (Phi) is 15.5. The number of sulfonamides is 1. The van der Waals surface area contributed by atoms with Crippen molar-refractivity contribution in [3.05, 3.63) is 29.8 Å². The van der Waals surface area contributed by atoms with Crippen molar-refractivity contribution >= 4 is 16.3 Å². The van der Waals surface area contributed by atoms with Crippen LogP contribution in [-0.4, -0.2) is 45.0 Å². The molecule has 1 aromatic carbocycles. The topological polar surface area (TPSA) is 95.5 Å². The first-order valence-corrected chi connectivity index (χ1v) is 13.8. The molecule has 0 unspecified atom stereocenters. The first kappa shape index (κ1) is 28.8. The lowest BCUT2D eigenvalue weighted by atomic mass is 10.1. The van der Waals surface area contributed by atoms with E-state index in [9.17, 15) is 18.3 Å². The molecule has 1 rings (SSSR count). The fraction of sp³-hybridized carbons (Fsp3) is 0.720. The van der Waals surface area contributed by atoms with E-state index in [0.29, 0.717) is 6.29 Å². The molecule has 6 nitrogen and oxygen atoms in total. The largest absolute Gasteiger partial charge is 0.384 e. The summed E-state index contributed by atoms with van der Waals surface area (Å²) in [5.74, 6) is 0. The number of hydrogen-bond donors (Lipinski definition) is 3. The highest BCUT2D eigenvalue weighted by Gasteiger charge is 2.25. The normalized spacial score (nSPS) is 13.7. The first-order valence-electron chi connectivity index (χ1n) is 12.3. The van der Waals surface area contributed by atoms with Crippen LogP contribution in [0.4, 0.5) is 0 Å². The van der Waals surface area contributed by atoms with Crippen LogP contribution < -0.4 is 10.0 Å². The third-order valence-corrected chi connectivity index (χ3v) is 7.27. The van der Waals surface area contributed by atoms with Crippen molar-refractivity contribution in [3.8, 4) is 0 Å². The fourth-order valence-electron chi connectivity index (χ4n) is 3.66. The summed E-state index contributed by atoms with van der Waals surface area (Å²) < 4.78 is 27.6. The van der Waals surface area contributed by atoms with Gasteiger partial charge in [-0.3, -0.25) is 0 Å². The van der Waals surface area contributed by atoms with Crippen LogP contribution in [0, 0.1) is 6.92 Å². The minimum absolute atomic E-state index is 0.118. The monoisotopic (exact) mass is 468 g/mol. The molecule has 0 saturated heterocycles. The fourth-order valence-corrected chi connectivity index (χ4v) is 4.91. The average molecular weight is 469 g/mol. The Morgan fingerprint density at radius 2 is 1.38 bits per heavy atom. The number of unbranched alkanes of at least 4 members (excludes halogenated alkanes) is 11. The van der Waals surface area contributed by atoms with Gasteiger partial charge in [-0.05, 0) is 32.0 Å². The molecule has 0 saturated carbocycles. The van der Waals surface area contributed by atoms with Gasteiger partial charge in [0.25, 0.3) is 0 Å². The van der Waals surface area contributed by atoms with Gasteiger partial charge in [-0.2, -0.15) is 0 Å². The highest BCUT2D eigenvalue weighted by atomic mass is 32.2.